The molecule has 0 saturated heterocycles. The summed E-state index contributed by atoms with van der Waals surface area (Å²) in [6.45, 7) is 7.49. The van der Waals surface area contributed by atoms with Gasteiger partial charge in [-0.1, -0.05) is 25.9 Å². The van der Waals surface area contributed by atoms with Crippen LogP contribution in [0.1, 0.15) is 33.5 Å². The fourth-order valence-corrected chi connectivity index (χ4v) is 1.69. The second kappa shape index (κ2) is 6.82. The van der Waals surface area contributed by atoms with Crippen molar-refractivity contribution in [2.75, 3.05) is 12.4 Å². The number of amides is 1. The zero-order valence-electron chi connectivity index (χ0n) is 14.0. The monoisotopic (exact) mass is 318 g/mol. The smallest absolute Gasteiger partial charge is 0.280 e. The molecule has 1 amide bonds. The largest absolute Gasteiger partial charge is 0.332 e. The lowest BCUT2D eigenvalue weighted by atomic mass is 9.96. The molecule has 0 aliphatic rings. The molecule has 1 atom stereocenters. The normalized spacial score (nSPS) is 12.9. The maximum absolute atomic E-state index is 12.2. The highest BCUT2D eigenvalue weighted by atomic mass is 16.5. The predicted molar refractivity (Wildman–Crippen MR) is 85.6 cm³/mol. The standard InChI is InChI=1S/C15H22N6O2/c1-9(16-5)8-10-19-13(23-21-10)11-12(18-7-6-17-11)20-14(22)15(2,3)4/h6-7,9,16H,8H2,1-5H3,(H,18,20,22). The molecule has 124 valence electrons. The van der Waals surface area contributed by atoms with Crippen LogP contribution in [0, 0.1) is 5.41 Å². The van der Waals surface area contributed by atoms with E-state index < -0.39 is 5.41 Å². The van der Waals surface area contributed by atoms with Crippen molar-refractivity contribution in [3.05, 3.63) is 18.2 Å². The first kappa shape index (κ1) is 17.0. The molecule has 0 saturated carbocycles. The molecular weight excluding hydrogens is 296 g/mol. The molecule has 2 N–H and O–H groups in total. The summed E-state index contributed by atoms with van der Waals surface area (Å²) in [5, 5.41) is 9.81. The summed E-state index contributed by atoms with van der Waals surface area (Å²) < 4.78 is 5.26. The third-order valence-corrected chi connectivity index (χ3v) is 3.26. The van der Waals surface area contributed by atoms with Crippen LogP contribution in [0.3, 0.4) is 0 Å². The number of rotatable bonds is 5. The van der Waals surface area contributed by atoms with Gasteiger partial charge in [0.1, 0.15) is 0 Å². The third kappa shape index (κ3) is 4.32. The van der Waals surface area contributed by atoms with Gasteiger partial charge in [-0.25, -0.2) is 9.97 Å². The van der Waals surface area contributed by atoms with E-state index in [4.69, 9.17) is 4.52 Å². The van der Waals surface area contributed by atoms with Crippen LogP contribution >= 0.6 is 0 Å². The maximum Gasteiger partial charge on any atom is 0.280 e. The van der Waals surface area contributed by atoms with Gasteiger partial charge in [-0.3, -0.25) is 4.79 Å². The molecule has 0 bridgehead atoms. The first-order chi connectivity index (χ1) is 10.8. The number of carbonyl (C=O) groups is 1. The lowest BCUT2D eigenvalue weighted by molar-refractivity contribution is -0.123. The van der Waals surface area contributed by atoms with Crippen LogP contribution in [-0.2, 0) is 11.2 Å². The maximum atomic E-state index is 12.2. The number of hydrogen-bond acceptors (Lipinski definition) is 7. The van der Waals surface area contributed by atoms with E-state index in [2.05, 4.69) is 30.7 Å². The average Bonchev–Trinajstić information content (AvgIpc) is 2.95. The quantitative estimate of drug-likeness (QED) is 0.863. The van der Waals surface area contributed by atoms with Crippen molar-refractivity contribution in [3.8, 4) is 11.6 Å². The van der Waals surface area contributed by atoms with Crippen LogP contribution in [0.4, 0.5) is 5.82 Å². The topological polar surface area (TPSA) is 106 Å². The SMILES string of the molecule is CNC(C)Cc1noc(-c2nccnc2NC(=O)C(C)(C)C)n1. The number of anilines is 1. The second-order valence-electron chi connectivity index (χ2n) is 6.37. The van der Waals surface area contributed by atoms with Gasteiger partial charge in [0.05, 0.1) is 0 Å². The lowest BCUT2D eigenvalue weighted by Crippen LogP contribution is -2.28. The minimum Gasteiger partial charge on any atom is -0.332 e. The summed E-state index contributed by atoms with van der Waals surface area (Å²) in [4.78, 5) is 24.8. The van der Waals surface area contributed by atoms with Crippen molar-refractivity contribution in [1.82, 2.24) is 25.4 Å². The van der Waals surface area contributed by atoms with Crippen LogP contribution in [0.25, 0.3) is 11.6 Å². The zero-order chi connectivity index (χ0) is 17.0. The summed E-state index contributed by atoms with van der Waals surface area (Å²) in [6.07, 6.45) is 3.65. The van der Waals surface area contributed by atoms with Gasteiger partial charge < -0.3 is 15.2 Å². The van der Waals surface area contributed by atoms with Crippen LogP contribution in [0.15, 0.2) is 16.9 Å². The Labute approximate surface area is 135 Å². The van der Waals surface area contributed by atoms with Gasteiger partial charge in [-0.15, -0.1) is 0 Å². The third-order valence-electron chi connectivity index (χ3n) is 3.26. The number of aromatic nitrogens is 4. The van der Waals surface area contributed by atoms with Crippen molar-refractivity contribution in [3.63, 3.8) is 0 Å². The Balaban J connectivity index is 2.25. The van der Waals surface area contributed by atoms with Crippen molar-refractivity contribution < 1.29 is 9.32 Å². The van der Waals surface area contributed by atoms with Crippen molar-refractivity contribution in [2.45, 2.75) is 40.2 Å². The van der Waals surface area contributed by atoms with E-state index in [1.165, 1.54) is 12.4 Å². The molecule has 2 heterocycles. The molecular formula is C15H22N6O2. The van der Waals surface area contributed by atoms with Crippen LogP contribution in [-0.4, -0.2) is 39.1 Å². The van der Waals surface area contributed by atoms with Crippen molar-refractivity contribution >= 4 is 11.7 Å². The Bertz CT molecular complexity index is 677. The summed E-state index contributed by atoms with van der Waals surface area (Å²) in [5.74, 6) is 0.952. The number of hydrogen-bond donors (Lipinski definition) is 2. The molecule has 0 aliphatic heterocycles. The van der Waals surface area contributed by atoms with Gasteiger partial charge in [0.15, 0.2) is 17.3 Å². The highest BCUT2D eigenvalue weighted by Gasteiger charge is 2.24. The van der Waals surface area contributed by atoms with Gasteiger partial charge in [0.2, 0.25) is 5.91 Å². The Morgan fingerprint density at radius 3 is 2.65 bits per heavy atom. The molecule has 2 aromatic rings. The highest BCUT2D eigenvalue weighted by Crippen LogP contribution is 2.24. The van der Waals surface area contributed by atoms with E-state index in [1.807, 2.05) is 34.7 Å². The molecule has 2 rings (SSSR count). The summed E-state index contributed by atoms with van der Waals surface area (Å²) in [6, 6.07) is 0.224. The van der Waals surface area contributed by atoms with E-state index in [0.29, 0.717) is 23.8 Å². The van der Waals surface area contributed by atoms with Gasteiger partial charge in [-0.05, 0) is 14.0 Å². The lowest BCUT2D eigenvalue weighted by Gasteiger charge is -2.17. The molecule has 0 spiro atoms. The van der Waals surface area contributed by atoms with E-state index in [9.17, 15) is 4.79 Å². The van der Waals surface area contributed by atoms with Crippen LogP contribution < -0.4 is 10.6 Å². The van der Waals surface area contributed by atoms with Gasteiger partial charge >= 0.3 is 0 Å². The number of likely N-dealkylation sites (N-methyl/N-ethyl adjacent to an activating group) is 1. The number of nitrogens with zero attached hydrogens (tertiary/aromatic N) is 4. The van der Waals surface area contributed by atoms with E-state index in [0.717, 1.165) is 0 Å². The zero-order valence-corrected chi connectivity index (χ0v) is 14.0. The molecule has 0 fully saturated rings. The first-order valence-electron chi connectivity index (χ1n) is 7.44. The Morgan fingerprint density at radius 2 is 2.00 bits per heavy atom. The van der Waals surface area contributed by atoms with Crippen LogP contribution in [0.5, 0.6) is 0 Å². The molecule has 8 heteroatoms. The Morgan fingerprint density at radius 1 is 1.30 bits per heavy atom. The fourth-order valence-electron chi connectivity index (χ4n) is 1.69. The van der Waals surface area contributed by atoms with Crippen molar-refractivity contribution in [2.24, 2.45) is 5.41 Å². The van der Waals surface area contributed by atoms with Gasteiger partial charge in [0, 0.05) is 30.3 Å². The Kier molecular flexibility index (Phi) is 5.05. The predicted octanol–water partition coefficient (Wildman–Crippen LogP) is 1.66. The number of carbonyl (C=O) groups excluding carboxylic acids is 1. The number of nitrogens with one attached hydrogen (secondary N) is 2. The molecule has 0 radical (unpaired) electrons. The minimum absolute atomic E-state index is 0.164. The molecule has 23 heavy (non-hydrogen) atoms. The van der Waals surface area contributed by atoms with Crippen LogP contribution in [0.2, 0.25) is 0 Å². The van der Waals surface area contributed by atoms with Gasteiger partial charge in [-0.2, -0.15) is 4.98 Å². The fraction of sp³-hybridized carbons (Fsp3) is 0.533. The summed E-state index contributed by atoms with van der Waals surface area (Å²) >= 11 is 0. The van der Waals surface area contributed by atoms with E-state index in [1.54, 1.807) is 0 Å². The highest BCUT2D eigenvalue weighted by molar-refractivity contribution is 5.95. The molecule has 1 unspecified atom stereocenters. The molecule has 0 aromatic carbocycles. The average molecular weight is 318 g/mol. The summed E-state index contributed by atoms with van der Waals surface area (Å²) in [7, 11) is 1.87. The summed E-state index contributed by atoms with van der Waals surface area (Å²) in [5.41, 5.74) is -0.183. The Hall–Kier alpha value is -2.35. The van der Waals surface area contributed by atoms with Gasteiger partial charge in [0.25, 0.3) is 5.89 Å². The second-order valence-corrected chi connectivity index (χ2v) is 6.37. The molecule has 0 aliphatic carbocycles. The minimum atomic E-state index is -0.545. The van der Waals surface area contributed by atoms with E-state index >= 15 is 0 Å². The first-order valence-corrected chi connectivity index (χ1v) is 7.44. The molecule has 8 nitrogen and oxygen atoms in total. The molecule has 2 aromatic heterocycles. The van der Waals surface area contributed by atoms with E-state index in [-0.39, 0.29) is 17.8 Å². The van der Waals surface area contributed by atoms with Crippen molar-refractivity contribution in [1.29, 1.82) is 0 Å².